The van der Waals surface area contributed by atoms with E-state index in [4.69, 9.17) is 16.3 Å². The number of ether oxygens (including phenoxy) is 1. The maximum Gasteiger partial charge on any atom is 0.289 e. The predicted molar refractivity (Wildman–Crippen MR) is 100 cm³/mol. The van der Waals surface area contributed by atoms with E-state index < -0.39 is 10.8 Å². The van der Waals surface area contributed by atoms with Gasteiger partial charge < -0.3 is 15.4 Å². The average Bonchev–Trinajstić information content (AvgIpc) is 2.66. The summed E-state index contributed by atoms with van der Waals surface area (Å²) in [7, 11) is 1.56. The Morgan fingerprint density at radius 3 is 2.81 bits per heavy atom. The van der Waals surface area contributed by atoms with E-state index in [1.54, 1.807) is 19.2 Å². The molecule has 2 N–H and O–H groups in total. The van der Waals surface area contributed by atoms with Gasteiger partial charge in [0.25, 0.3) is 11.6 Å². The minimum absolute atomic E-state index is 0.0472. The van der Waals surface area contributed by atoms with Crippen molar-refractivity contribution in [3.63, 3.8) is 0 Å². The normalized spacial score (nSPS) is 10.6. The van der Waals surface area contributed by atoms with E-state index in [1.807, 2.05) is 18.2 Å². The van der Waals surface area contributed by atoms with Gasteiger partial charge in [0.2, 0.25) is 0 Å². The number of carbonyl (C=O) groups excluding carboxylic acids is 1. The molecular formula is C18H15ClN4O4. The smallest absolute Gasteiger partial charge is 0.289 e. The predicted octanol–water partition coefficient (Wildman–Crippen LogP) is 3.39. The number of methoxy groups -OCH3 is 1. The van der Waals surface area contributed by atoms with Crippen LogP contribution in [0.5, 0.6) is 5.75 Å². The second-order valence-corrected chi connectivity index (χ2v) is 5.69. The van der Waals surface area contributed by atoms with Crippen LogP contribution in [0.3, 0.4) is 0 Å². The minimum atomic E-state index is -0.702. The molecule has 0 atom stereocenters. The lowest BCUT2D eigenvalue weighted by atomic mass is 10.2. The molecule has 0 aliphatic carbocycles. The summed E-state index contributed by atoms with van der Waals surface area (Å²) in [5.41, 5.74) is 0.533. The van der Waals surface area contributed by atoms with Crippen LogP contribution in [0, 0.1) is 21.4 Å². The second-order valence-electron chi connectivity index (χ2n) is 5.28. The highest BCUT2D eigenvalue weighted by atomic mass is 35.5. The molecule has 0 aromatic heterocycles. The molecule has 2 rings (SSSR count). The monoisotopic (exact) mass is 386 g/mol. The Labute approximate surface area is 160 Å². The van der Waals surface area contributed by atoms with Crippen molar-refractivity contribution in [1.29, 1.82) is 5.26 Å². The van der Waals surface area contributed by atoms with Crippen LogP contribution in [-0.4, -0.2) is 17.9 Å². The van der Waals surface area contributed by atoms with E-state index in [0.29, 0.717) is 12.3 Å². The van der Waals surface area contributed by atoms with Gasteiger partial charge >= 0.3 is 0 Å². The molecule has 1 amide bonds. The summed E-state index contributed by atoms with van der Waals surface area (Å²) in [6.07, 6.45) is 1.28. The van der Waals surface area contributed by atoms with Crippen LogP contribution < -0.4 is 15.4 Å². The third kappa shape index (κ3) is 5.45. The average molecular weight is 387 g/mol. The molecule has 8 nitrogen and oxygen atoms in total. The van der Waals surface area contributed by atoms with Gasteiger partial charge in [-0.15, -0.1) is 0 Å². The molecule has 0 bridgehead atoms. The standard InChI is InChI=1S/C18H15ClN4O4/c1-27-15-4-2-3-12(7-15)10-21-11-13(9-20)18(24)22-14-5-6-16(19)17(8-14)23(25)26/h2-8,11,21H,10H2,1H3,(H,22,24)/b13-11-. The largest absolute Gasteiger partial charge is 0.497 e. The summed E-state index contributed by atoms with van der Waals surface area (Å²) >= 11 is 5.73. The molecule has 0 saturated heterocycles. The summed E-state index contributed by atoms with van der Waals surface area (Å²) in [5.74, 6) is -0.00637. The first-order valence-corrected chi connectivity index (χ1v) is 8.04. The van der Waals surface area contributed by atoms with Gasteiger partial charge in [0.05, 0.1) is 12.0 Å². The molecule has 0 radical (unpaired) electrons. The zero-order valence-electron chi connectivity index (χ0n) is 14.2. The fourth-order valence-electron chi connectivity index (χ4n) is 2.13. The lowest BCUT2D eigenvalue weighted by Crippen LogP contribution is -2.16. The Bertz CT molecular complexity index is 937. The molecular weight excluding hydrogens is 372 g/mol. The van der Waals surface area contributed by atoms with Crippen molar-refractivity contribution < 1.29 is 14.5 Å². The number of benzene rings is 2. The quantitative estimate of drug-likeness (QED) is 0.326. The molecule has 27 heavy (non-hydrogen) atoms. The molecule has 2 aromatic carbocycles. The Morgan fingerprint density at radius 1 is 1.37 bits per heavy atom. The summed E-state index contributed by atoms with van der Waals surface area (Å²) < 4.78 is 5.13. The van der Waals surface area contributed by atoms with Crippen LogP contribution in [0.1, 0.15) is 5.56 Å². The number of anilines is 1. The van der Waals surface area contributed by atoms with Crippen molar-refractivity contribution >= 4 is 28.9 Å². The van der Waals surface area contributed by atoms with Crippen molar-refractivity contribution in [2.24, 2.45) is 0 Å². The first-order chi connectivity index (χ1) is 12.9. The van der Waals surface area contributed by atoms with Crippen molar-refractivity contribution in [1.82, 2.24) is 5.32 Å². The third-order valence-electron chi connectivity index (χ3n) is 3.45. The summed E-state index contributed by atoms with van der Waals surface area (Å²) in [4.78, 5) is 22.4. The maximum atomic E-state index is 12.2. The summed E-state index contributed by atoms with van der Waals surface area (Å²) in [5, 5.41) is 25.3. The number of rotatable bonds is 7. The van der Waals surface area contributed by atoms with Crippen molar-refractivity contribution in [3.05, 3.63) is 74.9 Å². The van der Waals surface area contributed by atoms with Crippen LogP contribution in [-0.2, 0) is 11.3 Å². The van der Waals surface area contributed by atoms with Gasteiger partial charge in [0, 0.05) is 24.5 Å². The Morgan fingerprint density at radius 2 is 2.15 bits per heavy atom. The van der Waals surface area contributed by atoms with Crippen molar-refractivity contribution in [3.8, 4) is 11.8 Å². The van der Waals surface area contributed by atoms with E-state index in [9.17, 15) is 20.2 Å². The molecule has 0 unspecified atom stereocenters. The SMILES string of the molecule is COc1cccc(CN/C=C(/C#N)C(=O)Nc2ccc(Cl)c([N+](=O)[O-])c2)c1. The lowest BCUT2D eigenvalue weighted by Gasteiger charge is -2.07. The molecule has 2 aromatic rings. The number of nitro groups is 1. The number of nitro benzene ring substituents is 1. The van der Waals surface area contributed by atoms with E-state index in [2.05, 4.69) is 10.6 Å². The summed E-state index contributed by atoms with van der Waals surface area (Å²) in [6, 6.07) is 12.9. The minimum Gasteiger partial charge on any atom is -0.497 e. The highest BCUT2D eigenvalue weighted by Gasteiger charge is 2.15. The van der Waals surface area contributed by atoms with Crippen LogP contribution in [0.15, 0.2) is 54.2 Å². The number of nitrogens with one attached hydrogen (secondary N) is 2. The Balaban J connectivity index is 2.05. The van der Waals surface area contributed by atoms with Gasteiger partial charge in [0.15, 0.2) is 0 Å². The number of nitriles is 1. The van der Waals surface area contributed by atoms with E-state index in [1.165, 1.54) is 18.3 Å². The molecule has 0 fully saturated rings. The van der Waals surface area contributed by atoms with Crippen molar-refractivity contribution in [2.45, 2.75) is 6.54 Å². The second kappa shape index (κ2) is 9.22. The van der Waals surface area contributed by atoms with E-state index >= 15 is 0 Å². The Kier molecular flexibility index (Phi) is 6.74. The molecule has 9 heteroatoms. The Hall–Kier alpha value is -3.57. The molecule has 0 saturated carbocycles. The molecule has 0 aliphatic rings. The zero-order valence-corrected chi connectivity index (χ0v) is 15.0. The molecule has 0 aliphatic heterocycles. The fraction of sp³-hybridized carbons (Fsp3) is 0.111. The van der Waals surface area contributed by atoms with Gasteiger partial charge in [-0.3, -0.25) is 14.9 Å². The third-order valence-corrected chi connectivity index (χ3v) is 3.77. The van der Waals surface area contributed by atoms with Gasteiger partial charge in [-0.25, -0.2) is 0 Å². The highest BCUT2D eigenvalue weighted by Crippen LogP contribution is 2.27. The maximum absolute atomic E-state index is 12.2. The first kappa shape index (κ1) is 19.8. The number of halogens is 1. The zero-order chi connectivity index (χ0) is 19.8. The molecule has 0 spiro atoms. The van der Waals surface area contributed by atoms with Gasteiger partial charge in [-0.05, 0) is 29.8 Å². The number of nitrogens with zero attached hydrogens (tertiary/aromatic N) is 2. The van der Waals surface area contributed by atoms with E-state index in [-0.39, 0.29) is 22.0 Å². The topological polar surface area (TPSA) is 117 Å². The molecule has 0 heterocycles. The van der Waals surface area contributed by atoms with Crippen LogP contribution in [0.4, 0.5) is 11.4 Å². The van der Waals surface area contributed by atoms with Crippen LogP contribution >= 0.6 is 11.6 Å². The lowest BCUT2D eigenvalue weighted by molar-refractivity contribution is -0.384. The number of hydrogen-bond donors (Lipinski definition) is 2. The van der Waals surface area contributed by atoms with Gasteiger partial charge in [0.1, 0.15) is 22.4 Å². The number of amides is 1. The van der Waals surface area contributed by atoms with Gasteiger partial charge in [-0.1, -0.05) is 23.7 Å². The van der Waals surface area contributed by atoms with Crippen LogP contribution in [0.25, 0.3) is 0 Å². The number of carbonyl (C=O) groups is 1. The van der Waals surface area contributed by atoms with E-state index in [0.717, 1.165) is 11.6 Å². The summed E-state index contributed by atoms with van der Waals surface area (Å²) in [6.45, 7) is 0.377. The van der Waals surface area contributed by atoms with Gasteiger partial charge in [-0.2, -0.15) is 5.26 Å². The van der Waals surface area contributed by atoms with Crippen LogP contribution in [0.2, 0.25) is 5.02 Å². The molecule has 138 valence electrons. The first-order valence-electron chi connectivity index (χ1n) is 7.66. The number of hydrogen-bond acceptors (Lipinski definition) is 6. The van der Waals surface area contributed by atoms with Crippen molar-refractivity contribution in [2.75, 3.05) is 12.4 Å². The highest BCUT2D eigenvalue weighted by molar-refractivity contribution is 6.32. The fourth-order valence-corrected chi connectivity index (χ4v) is 2.32.